The first-order valence-corrected chi connectivity index (χ1v) is 6.03. The molecule has 1 aliphatic rings. The Morgan fingerprint density at radius 3 is 2.81 bits per heavy atom. The highest BCUT2D eigenvalue weighted by atomic mass is 35.5. The number of benzene rings is 1. The first-order valence-electron chi connectivity index (χ1n) is 5.65. The molecule has 0 N–H and O–H groups in total. The highest BCUT2D eigenvalue weighted by Gasteiger charge is 2.18. The van der Waals surface area contributed by atoms with Crippen molar-refractivity contribution >= 4 is 28.4 Å². The van der Waals surface area contributed by atoms with E-state index in [1.165, 1.54) is 19.3 Å². The van der Waals surface area contributed by atoms with E-state index in [4.69, 9.17) is 16.1 Å². The lowest BCUT2D eigenvalue weighted by Gasteiger charge is -2.26. The van der Waals surface area contributed by atoms with E-state index >= 15 is 0 Å². The maximum absolute atomic E-state index is 6.06. The van der Waals surface area contributed by atoms with Crippen molar-refractivity contribution in [2.24, 2.45) is 0 Å². The first-order chi connectivity index (χ1) is 7.86. The number of aromatic nitrogens is 1. The van der Waals surface area contributed by atoms with Crippen molar-refractivity contribution in [2.45, 2.75) is 19.3 Å². The second kappa shape index (κ2) is 3.98. The molecule has 0 atom stereocenters. The molecule has 3 rings (SSSR count). The molecule has 84 valence electrons. The van der Waals surface area contributed by atoms with Crippen molar-refractivity contribution in [2.75, 3.05) is 18.0 Å². The summed E-state index contributed by atoms with van der Waals surface area (Å²) in [6.07, 6.45) is 3.77. The van der Waals surface area contributed by atoms with Gasteiger partial charge >= 0.3 is 0 Å². The van der Waals surface area contributed by atoms with Gasteiger partial charge in [0, 0.05) is 13.1 Å². The van der Waals surface area contributed by atoms with Crippen molar-refractivity contribution in [3.8, 4) is 0 Å². The SMILES string of the molecule is Clc1cccc2c(N3CCCCC3)noc12. The number of hydrogen-bond donors (Lipinski definition) is 0. The molecule has 4 heteroatoms. The molecule has 1 aromatic heterocycles. The van der Waals surface area contributed by atoms with Crippen LogP contribution in [0.1, 0.15) is 19.3 Å². The van der Waals surface area contributed by atoms with Crippen LogP contribution in [-0.2, 0) is 0 Å². The number of piperidine rings is 1. The average molecular weight is 237 g/mol. The van der Waals surface area contributed by atoms with Gasteiger partial charge in [0.1, 0.15) is 0 Å². The summed E-state index contributed by atoms with van der Waals surface area (Å²) < 4.78 is 5.31. The van der Waals surface area contributed by atoms with E-state index < -0.39 is 0 Å². The molecule has 2 aromatic rings. The summed E-state index contributed by atoms with van der Waals surface area (Å²) in [7, 11) is 0. The fraction of sp³-hybridized carbons (Fsp3) is 0.417. The Kier molecular flexibility index (Phi) is 2.48. The predicted octanol–water partition coefficient (Wildman–Crippen LogP) is 3.47. The third-order valence-electron chi connectivity index (χ3n) is 3.09. The minimum absolute atomic E-state index is 0.633. The van der Waals surface area contributed by atoms with Crippen LogP contribution >= 0.6 is 11.6 Å². The smallest absolute Gasteiger partial charge is 0.187 e. The van der Waals surface area contributed by atoms with Gasteiger partial charge in [-0.25, -0.2) is 0 Å². The second-order valence-electron chi connectivity index (χ2n) is 4.17. The van der Waals surface area contributed by atoms with E-state index in [1.807, 2.05) is 18.2 Å². The van der Waals surface area contributed by atoms with E-state index in [2.05, 4.69) is 10.1 Å². The molecule has 0 saturated carbocycles. The Morgan fingerprint density at radius 1 is 1.19 bits per heavy atom. The van der Waals surface area contributed by atoms with E-state index in [1.54, 1.807) is 0 Å². The Morgan fingerprint density at radius 2 is 2.00 bits per heavy atom. The fourth-order valence-electron chi connectivity index (χ4n) is 2.25. The fourth-order valence-corrected chi connectivity index (χ4v) is 2.46. The molecule has 0 radical (unpaired) electrons. The number of halogens is 1. The third-order valence-corrected chi connectivity index (χ3v) is 3.38. The molecule has 0 bridgehead atoms. The van der Waals surface area contributed by atoms with Crippen LogP contribution in [0.5, 0.6) is 0 Å². The molecular weight excluding hydrogens is 224 g/mol. The van der Waals surface area contributed by atoms with Gasteiger partial charge in [0.15, 0.2) is 11.4 Å². The van der Waals surface area contributed by atoms with Crippen molar-refractivity contribution in [3.63, 3.8) is 0 Å². The molecular formula is C12H13ClN2O. The molecule has 0 aliphatic carbocycles. The second-order valence-corrected chi connectivity index (χ2v) is 4.58. The molecule has 1 aliphatic heterocycles. The van der Waals surface area contributed by atoms with Gasteiger partial charge in [-0.3, -0.25) is 0 Å². The molecule has 2 heterocycles. The first kappa shape index (κ1) is 9.97. The van der Waals surface area contributed by atoms with E-state index in [-0.39, 0.29) is 0 Å². The van der Waals surface area contributed by atoms with Gasteiger partial charge in [-0.2, -0.15) is 0 Å². The summed E-state index contributed by atoms with van der Waals surface area (Å²) in [5.41, 5.74) is 0.699. The lowest BCUT2D eigenvalue weighted by molar-refractivity contribution is 0.450. The van der Waals surface area contributed by atoms with Crippen molar-refractivity contribution in [1.82, 2.24) is 5.16 Å². The maximum atomic E-state index is 6.06. The van der Waals surface area contributed by atoms with Crippen LogP contribution in [0.25, 0.3) is 11.0 Å². The lowest BCUT2D eigenvalue weighted by Crippen LogP contribution is -2.29. The molecule has 0 amide bonds. The van der Waals surface area contributed by atoms with Crippen molar-refractivity contribution in [1.29, 1.82) is 0 Å². The van der Waals surface area contributed by atoms with Gasteiger partial charge in [0.2, 0.25) is 0 Å². The van der Waals surface area contributed by atoms with Crippen LogP contribution in [-0.4, -0.2) is 18.2 Å². The zero-order valence-electron chi connectivity index (χ0n) is 8.95. The summed E-state index contributed by atoms with van der Waals surface area (Å²) in [6.45, 7) is 2.13. The van der Waals surface area contributed by atoms with Gasteiger partial charge in [-0.1, -0.05) is 22.8 Å². The largest absolute Gasteiger partial charge is 0.353 e. The van der Waals surface area contributed by atoms with Crippen LogP contribution in [0.15, 0.2) is 22.7 Å². The Labute approximate surface area is 99.0 Å². The molecule has 1 aromatic carbocycles. The van der Waals surface area contributed by atoms with E-state index in [0.29, 0.717) is 10.6 Å². The standard InChI is InChI=1S/C12H13ClN2O/c13-10-6-4-5-9-11(10)16-14-12(9)15-7-2-1-3-8-15/h4-6H,1-3,7-8H2. The number of nitrogens with zero attached hydrogens (tertiary/aromatic N) is 2. The summed E-state index contributed by atoms with van der Waals surface area (Å²) in [5, 5.41) is 5.80. The van der Waals surface area contributed by atoms with Gasteiger partial charge in [-0.15, -0.1) is 0 Å². The Bertz CT molecular complexity index is 503. The number of fused-ring (bicyclic) bond motifs is 1. The van der Waals surface area contributed by atoms with Gasteiger partial charge in [0.25, 0.3) is 0 Å². The molecule has 1 fully saturated rings. The zero-order chi connectivity index (χ0) is 11.0. The van der Waals surface area contributed by atoms with Crippen molar-refractivity contribution in [3.05, 3.63) is 23.2 Å². The topological polar surface area (TPSA) is 29.3 Å². The number of para-hydroxylation sites is 1. The summed E-state index contributed by atoms with van der Waals surface area (Å²) in [4.78, 5) is 2.28. The summed E-state index contributed by atoms with van der Waals surface area (Å²) in [6, 6.07) is 5.78. The maximum Gasteiger partial charge on any atom is 0.187 e. The van der Waals surface area contributed by atoms with Crippen LogP contribution in [0.3, 0.4) is 0 Å². The van der Waals surface area contributed by atoms with Crippen LogP contribution in [0.2, 0.25) is 5.02 Å². The molecule has 3 nitrogen and oxygen atoms in total. The van der Waals surface area contributed by atoms with E-state index in [0.717, 1.165) is 24.3 Å². The minimum atomic E-state index is 0.633. The quantitative estimate of drug-likeness (QED) is 0.759. The Balaban J connectivity index is 2.06. The van der Waals surface area contributed by atoms with Crippen LogP contribution in [0.4, 0.5) is 5.82 Å². The number of anilines is 1. The lowest BCUT2D eigenvalue weighted by atomic mass is 10.1. The highest BCUT2D eigenvalue weighted by Crippen LogP contribution is 2.31. The molecule has 16 heavy (non-hydrogen) atoms. The molecule has 1 saturated heterocycles. The van der Waals surface area contributed by atoms with Gasteiger partial charge in [0.05, 0.1) is 10.4 Å². The normalized spacial score (nSPS) is 16.9. The highest BCUT2D eigenvalue weighted by molar-refractivity contribution is 6.35. The van der Waals surface area contributed by atoms with Gasteiger partial charge < -0.3 is 9.42 Å². The number of hydrogen-bond acceptors (Lipinski definition) is 3. The van der Waals surface area contributed by atoms with Gasteiger partial charge in [-0.05, 0) is 31.4 Å². The molecule has 0 unspecified atom stereocenters. The summed E-state index contributed by atoms with van der Waals surface area (Å²) >= 11 is 6.06. The van der Waals surface area contributed by atoms with E-state index in [9.17, 15) is 0 Å². The number of rotatable bonds is 1. The van der Waals surface area contributed by atoms with Crippen LogP contribution < -0.4 is 4.90 Å². The predicted molar refractivity (Wildman–Crippen MR) is 65.1 cm³/mol. The third kappa shape index (κ3) is 1.55. The minimum Gasteiger partial charge on any atom is -0.353 e. The summed E-state index contributed by atoms with van der Waals surface area (Å²) in [5.74, 6) is 0.942. The Hall–Kier alpha value is -1.22. The molecule has 0 spiro atoms. The van der Waals surface area contributed by atoms with Crippen LogP contribution in [0, 0.1) is 0 Å². The zero-order valence-corrected chi connectivity index (χ0v) is 9.70. The average Bonchev–Trinajstić information content (AvgIpc) is 2.75. The van der Waals surface area contributed by atoms with Crippen molar-refractivity contribution < 1.29 is 4.52 Å². The monoisotopic (exact) mass is 236 g/mol.